The van der Waals surface area contributed by atoms with E-state index in [2.05, 4.69) is 81.6 Å². The largest absolute Gasteiger partial charge is 0.279 e. The summed E-state index contributed by atoms with van der Waals surface area (Å²) < 4.78 is 0. The van der Waals surface area contributed by atoms with Gasteiger partial charge in [0.15, 0.2) is 0 Å². The maximum absolute atomic E-state index is 6.46. The summed E-state index contributed by atoms with van der Waals surface area (Å²) in [5, 5.41) is 6.75. The molecule has 1 heterocycles. The summed E-state index contributed by atoms with van der Waals surface area (Å²) in [6, 6.07) is 33.2. The lowest BCUT2D eigenvalue weighted by atomic mass is 9.85. The zero-order valence-corrected chi connectivity index (χ0v) is 17.3. The molecule has 0 aliphatic carbocycles. The van der Waals surface area contributed by atoms with Gasteiger partial charge < -0.3 is 0 Å². The van der Waals surface area contributed by atoms with Gasteiger partial charge in [0.25, 0.3) is 0 Å². The van der Waals surface area contributed by atoms with E-state index in [9.17, 15) is 0 Å². The molecule has 0 fully saturated rings. The fourth-order valence-electron chi connectivity index (χ4n) is 4.49. The molecule has 0 saturated heterocycles. The number of benzene rings is 5. The van der Waals surface area contributed by atoms with Gasteiger partial charge in [0.1, 0.15) is 7.85 Å². The minimum absolute atomic E-state index is 0.628. The second kappa shape index (κ2) is 7.50. The van der Waals surface area contributed by atoms with E-state index in [0.29, 0.717) is 5.95 Å². The molecule has 0 saturated carbocycles. The molecule has 0 bridgehead atoms. The van der Waals surface area contributed by atoms with Gasteiger partial charge in [-0.05, 0) is 51.2 Å². The Labute approximate surface area is 187 Å². The Morgan fingerprint density at radius 3 is 1.81 bits per heavy atom. The zero-order chi connectivity index (χ0) is 21.5. The third-order valence-electron chi connectivity index (χ3n) is 5.90. The molecule has 0 amide bonds. The van der Waals surface area contributed by atoms with E-state index in [0.717, 1.165) is 49.2 Å². The standard InChI is InChI=1S/C28H18BN3/c29-26-17-24-21-12-5-7-14-23(21)27(18-25(24)20-11-4-6-13-22(20)26)32(19-9-2-1-3-10-19)28-30-15-8-16-31-28/h1-18H. The summed E-state index contributed by atoms with van der Waals surface area (Å²) in [5.41, 5.74) is 2.82. The monoisotopic (exact) mass is 407 g/mol. The molecule has 5 aromatic carbocycles. The molecule has 32 heavy (non-hydrogen) atoms. The lowest BCUT2D eigenvalue weighted by Crippen LogP contribution is -2.13. The van der Waals surface area contributed by atoms with E-state index in [-0.39, 0.29) is 0 Å². The molecular weight excluding hydrogens is 389 g/mol. The van der Waals surface area contributed by atoms with Gasteiger partial charge in [-0.25, -0.2) is 9.97 Å². The van der Waals surface area contributed by atoms with Gasteiger partial charge >= 0.3 is 0 Å². The van der Waals surface area contributed by atoms with Crippen LogP contribution in [0.25, 0.3) is 32.3 Å². The van der Waals surface area contributed by atoms with Crippen molar-refractivity contribution in [1.82, 2.24) is 9.97 Å². The normalized spacial score (nSPS) is 11.2. The number of anilines is 3. The highest BCUT2D eigenvalue weighted by molar-refractivity contribution is 6.42. The number of para-hydroxylation sites is 1. The van der Waals surface area contributed by atoms with Gasteiger partial charge in [-0.15, -0.1) is 0 Å². The van der Waals surface area contributed by atoms with E-state index in [1.807, 2.05) is 30.3 Å². The third-order valence-corrected chi connectivity index (χ3v) is 5.90. The highest BCUT2D eigenvalue weighted by atomic mass is 15.3. The topological polar surface area (TPSA) is 29.0 Å². The van der Waals surface area contributed by atoms with Gasteiger partial charge in [0, 0.05) is 23.5 Å². The predicted molar refractivity (Wildman–Crippen MR) is 135 cm³/mol. The quantitative estimate of drug-likeness (QED) is 0.258. The van der Waals surface area contributed by atoms with Crippen LogP contribution < -0.4 is 10.4 Å². The van der Waals surface area contributed by atoms with Crippen molar-refractivity contribution in [3.05, 3.63) is 109 Å². The van der Waals surface area contributed by atoms with Crippen LogP contribution in [0, 0.1) is 0 Å². The second-order valence-electron chi connectivity index (χ2n) is 7.77. The first-order valence-electron chi connectivity index (χ1n) is 10.6. The van der Waals surface area contributed by atoms with Crippen molar-refractivity contribution in [1.29, 1.82) is 0 Å². The van der Waals surface area contributed by atoms with E-state index in [1.54, 1.807) is 12.4 Å². The fourth-order valence-corrected chi connectivity index (χ4v) is 4.49. The molecule has 148 valence electrons. The van der Waals surface area contributed by atoms with Gasteiger partial charge in [0.05, 0.1) is 5.69 Å². The average Bonchev–Trinajstić information content (AvgIpc) is 2.86. The SMILES string of the molecule is [B]c1cc2c3ccccc3c(N(c3ccccc3)c3ncccn3)cc2c2ccccc12. The van der Waals surface area contributed by atoms with E-state index < -0.39 is 0 Å². The van der Waals surface area contributed by atoms with E-state index in [4.69, 9.17) is 7.85 Å². The second-order valence-corrected chi connectivity index (χ2v) is 7.77. The van der Waals surface area contributed by atoms with Crippen molar-refractivity contribution in [3.63, 3.8) is 0 Å². The summed E-state index contributed by atoms with van der Waals surface area (Å²) >= 11 is 0. The lowest BCUT2D eigenvalue weighted by Gasteiger charge is -2.25. The third kappa shape index (κ3) is 2.92. The summed E-state index contributed by atoms with van der Waals surface area (Å²) in [6.45, 7) is 0. The summed E-state index contributed by atoms with van der Waals surface area (Å²) in [5.74, 6) is 0.628. The molecule has 0 spiro atoms. The molecule has 0 aliphatic heterocycles. The number of hydrogen-bond donors (Lipinski definition) is 0. The molecule has 1 aromatic heterocycles. The minimum Gasteiger partial charge on any atom is -0.279 e. The van der Waals surface area contributed by atoms with Crippen LogP contribution in [0.3, 0.4) is 0 Å². The Hall–Kier alpha value is -4.18. The predicted octanol–water partition coefficient (Wildman–Crippen LogP) is 6.20. The lowest BCUT2D eigenvalue weighted by molar-refractivity contribution is 1.08. The molecule has 0 N–H and O–H groups in total. The highest BCUT2D eigenvalue weighted by Crippen LogP contribution is 2.41. The van der Waals surface area contributed by atoms with Gasteiger partial charge in [0.2, 0.25) is 5.95 Å². The average molecular weight is 407 g/mol. The molecule has 6 aromatic rings. The van der Waals surface area contributed by atoms with Crippen molar-refractivity contribution in [2.75, 3.05) is 4.90 Å². The molecule has 3 nitrogen and oxygen atoms in total. The first-order valence-corrected chi connectivity index (χ1v) is 10.6. The van der Waals surface area contributed by atoms with Gasteiger partial charge in [-0.3, -0.25) is 4.90 Å². The first-order chi connectivity index (χ1) is 15.8. The Morgan fingerprint density at radius 2 is 1.09 bits per heavy atom. The summed E-state index contributed by atoms with van der Waals surface area (Å²) in [6.07, 6.45) is 3.55. The number of aromatic nitrogens is 2. The molecular formula is C28H18BN3. The summed E-state index contributed by atoms with van der Waals surface area (Å²) in [4.78, 5) is 11.3. The Morgan fingerprint density at radius 1 is 0.531 bits per heavy atom. The smallest absolute Gasteiger partial charge is 0.234 e. The zero-order valence-electron chi connectivity index (χ0n) is 17.3. The summed E-state index contributed by atoms with van der Waals surface area (Å²) in [7, 11) is 6.46. The van der Waals surface area contributed by atoms with Crippen LogP contribution in [0.4, 0.5) is 17.3 Å². The number of hydrogen-bond acceptors (Lipinski definition) is 3. The molecule has 0 aliphatic rings. The van der Waals surface area contributed by atoms with E-state index in [1.165, 1.54) is 0 Å². The molecule has 6 rings (SSSR count). The number of rotatable bonds is 3. The van der Waals surface area contributed by atoms with Gasteiger partial charge in [-0.2, -0.15) is 0 Å². The maximum atomic E-state index is 6.46. The highest BCUT2D eigenvalue weighted by Gasteiger charge is 2.19. The van der Waals surface area contributed by atoms with Crippen LogP contribution in [-0.2, 0) is 0 Å². The van der Waals surface area contributed by atoms with Crippen LogP contribution in [0.1, 0.15) is 0 Å². The Balaban J connectivity index is 1.78. The van der Waals surface area contributed by atoms with Crippen molar-refractivity contribution < 1.29 is 0 Å². The van der Waals surface area contributed by atoms with Crippen molar-refractivity contribution in [3.8, 4) is 0 Å². The molecule has 2 radical (unpaired) electrons. The van der Waals surface area contributed by atoms with Crippen molar-refractivity contribution in [2.45, 2.75) is 0 Å². The van der Waals surface area contributed by atoms with Crippen LogP contribution in [-0.4, -0.2) is 17.8 Å². The minimum atomic E-state index is 0.628. The first kappa shape index (κ1) is 18.6. The van der Waals surface area contributed by atoms with Crippen molar-refractivity contribution in [2.24, 2.45) is 0 Å². The van der Waals surface area contributed by atoms with Crippen LogP contribution in [0.15, 0.2) is 109 Å². The number of fused-ring (bicyclic) bond motifs is 5. The fraction of sp³-hybridized carbons (Fsp3) is 0. The van der Waals surface area contributed by atoms with Crippen LogP contribution in [0.5, 0.6) is 0 Å². The number of nitrogens with zero attached hydrogens (tertiary/aromatic N) is 3. The molecule has 0 unspecified atom stereocenters. The van der Waals surface area contributed by atoms with Crippen LogP contribution >= 0.6 is 0 Å². The van der Waals surface area contributed by atoms with Crippen molar-refractivity contribution >= 4 is 62.9 Å². The molecule has 4 heteroatoms. The Kier molecular flexibility index (Phi) is 4.36. The van der Waals surface area contributed by atoms with E-state index >= 15 is 0 Å². The Bertz CT molecular complexity index is 1540. The van der Waals surface area contributed by atoms with Crippen LogP contribution in [0.2, 0.25) is 0 Å². The van der Waals surface area contributed by atoms with Gasteiger partial charge in [-0.1, -0.05) is 78.3 Å². The maximum Gasteiger partial charge on any atom is 0.234 e. The molecule has 0 atom stereocenters.